The van der Waals surface area contributed by atoms with Gasteiger partial charge < -0.3 is 0 Å². The SMILES string of the molecule is N#C[Se]CCCOc1ccc2c(c1)OC(=O)C(C(=O)N1N=C(c3ccc(F)cc3)CC1c1ccc(F)cc1)C2. The van der Waals surface area contributed by atoms with E-state index in [-0.39, 0.29) is 21.4 Å². The maximum absolute atomic E-state index is 13.7. The van der Waals surface area contributed by atoms with Crippen molar-refractivity contribution in [3.63, 3.8) is 0 Å². The number of nitrogens with zero attached hydrogens (tertiary/aromatic N) is 3. The predicted octanol–water partition coefficient (Wildman–Crippen LogP) is 4.79. The second-order valence-electron chi connectivity index (χ2n) is 9.10. The first-order valence-electron chi connectivity index (χ1n) is 12.3. The molecule has 0 aromatic heterocycles. The van der Waals surface area contributed by atoms with Gasteiger partial charge in [-0.05, 0) is 35.4 Å². The number of rotatable bonds is 8. The summed E-state index contributed by atoms with van der Waals surface area (Å²) in [6.45, 7) is 0.450. The molecule has 0 N–H and O–H groups in total. The fraction of sp³-hybridized carbons (Fsp3) is 0.241. The van der Waals surface area contributed by atoms with Crippen molar-refractivity contribution in [2.24, 2.45) is 11.0 Å². The third kappa shape index (κ3) is 6.00. The van der Waals surface area contributed by atoms with Crippen molar-refractivity contribution in [2.75, 3.05) is 6.61 Å². The van der Waals surface area contributed by atoms with Crippen LogP contribution in [0.25, 0.3) is 0 Å². The molecule has 0 fully saturated rings. The molecule has 2 atom stereocenters. The molecule has 3 aromatic carbocycles. The van der Waals surface area contributed by atoms with E-state index in [9.17, 15) is 18.4 Å². The van der Waals surface area contributed by atoms with Crippen LogP contribution in [0.4, 0.5) is 8.78 Å². The van der Waals surface area contributed by atoms with Gasteiger partial charge in [0.2, 0.25) is 0 Å². The van der Waals surface area contributed by atoms with E-state index in [2.05, 4.69) is 10.1 Å². The van der Waals surface area contributed by atoms with E-state index >= 15 is 0 Å². The Balaban J connectivity index is 1.36. The van der Waals surface area contributed by atoms with Gasteiger partial charge in [0, 0.05) is 6.42 Å². The van der Waals surface area contributed by atoms with Crippen LogP contribution in [0.15, 0.2) is 71.8 Å². The molecule has 2 aliphatic rings. The Morgan fingerprint density at radius 1 is 1.08 bits per heavy atom. The summed E-state index contributed by atoms with van der Waals surface area (Å²) in [5.41, 5.74) is 2.55. The number of esters is 1. The van der Waals surface area contributed by atoms with Crippen molar-refractivity contribution < 1.29 is 27.8 Å². The molecule has 2 heterocycles. The number of ether oxygens (including phenoxy) is 2. The molecular weight excluding hydrogens is 571 g/mol. The average Bonchev–Trinajstić information content (AvgIpc) is 3.38. The average molecular weight is 594 g/mol. The van der Waals surface area contributed by atoms with Gasteiger partial charge in [0.1, 0.15) is 11.6 Å². The third-order valence-corrected chi connectivity index (χ3v) is 7.85. The summed E-state index contributed by atoms with van der Waals surface area (Å²) in [5.74, 6) is -2.25. The van der Waals surface area contributed by atoms with Crippen LogP contribution in [0.3, 0.4) is 0 Å². The topological polar surface area (TPSA) is 92.0 Å². The fourth-order valence-electron chi connectivity index (χ4n) is 4.56. The van der Waals surface area contributed by atoms with Crippen LogP contribution in [0.2, 0.25) is 5.32 Å². The van der Waals surface area contributed by atoms with Crippen LogP contribution >= 0.6 is 0 Å². The zero-order valence-electron chi connectivity index (χ0n) is 20.7. The molecule has 1 amide bonds. The van der Waals surface area contributed by atoms with Gasteiger partial charge in [-0.1, -0.05) is 24.3 Å². The normalized spacial score (nSPS) is 18.1. The molecule has 5 rings (SSSR count). The van der Waals surface area contributed by atoms with E-state index < -0.39 is 35.5 Å². The van der Waals surface area contributed by atoms with Crippen molar-refractivity contribution in [1.82, 2.24) is 5.01 Å². The maximum atomic E-state index is 13.7. The summed E-state index contributed by atoms with van der Waals surface area (Å²) < 4.78 is 38.4. The molecule has 0 radical (unpaired) electrons. The molecule has 0 aliphatic carbocycles. The van der Waals surface area contributed by atoms with Gasteiger partial charge in [-0.2, -0.15) is 5.10 Å². The standard InChI is InChI=1S/C29H23F2N3O4Se/c30-21-7-2-18(3-8-21)25-16-26(19-4-9-22(31)10-5-19)34(33-25)28(35)24-14-20-6-11-23(15-27(20)38-29(24)36)37-12-1-13-39-17-32/h2-11,15,24,26H,1,12-14,16H2. The number of carbonyl (C=O) groups excluding carboxylic acids is 2. The first-order valence-corrected chi connectivity index (χ1v) is 14.4. The predicted molar refractivity (Wildman–Crippen MR) is 139 cm³/mol. The van der Waals surface area contributed by atoms with Crippen LogP contribution in [-0.4, -0.2) is 44.2 Å². The van der Waals surface area contributed by atoms with Gasteiger partial charge in [0.25, 0.3) is 0 Å². The van der Waals surface area contributed by atoms with Crippen molar-refractivity contribution in [2.45, 2.75) is 30.6 Å². The molecule has 10 heteroatoms. The number of nitriles is 1. The van der Waals surface area contributed by atoms with E-state index in [0.29, 0.717) is 46.9 Å². The van der Waals surface area contributed by atoms with Gasteiger partial charge >= 0.3 is 127 Å². The Morgan fingerprint density at radius 2 is 1.79 bits per heavy atom. The molecule has 39 heavy (non-hydrogen) atoms. The van der Waals surface area contributed by atoms with Gasteiger partial charge in [0.05, 0.1) is 11.8 Å². The molecule has 2 aliphatic heterocycles. The second kappa shape index (κ2) is 11.8. The number of benzene rings is 3. The zero-order valence-corrected chi connectivity index (χ0v) is 22.4. The quantitative estimate of drug-likeness (QED) is 0.123. The minimum atomic E-state index is -1.11. The summed E-state index contributed by atoms with van der Waals surface area (Å²) in [4.78, 5) is 28.9. The third-order valence-electron chi connectivity index (χ3n) is 6.55. The van der Waals surface area contributed by atoms with Crippen LogP contribution in [0.5, 0.6) is 11.5 Å². The molecule has 7 nitrogen and oxygen atoms in total. The molecule has 198 valence electrons. The molecule has 2 unspecified atom stereocenters. The molecular formula is C29H23F2N3O4Se. The Labute approximate surface area is 230 Å². The number of hydrogen-bond acceptors (Lipinski definition) is 6. The van der Waals surface area contributed by atoms with Crippen LogP contribution in [0.1, 0.15) is 35.6 Å². The van der Waals surface area contributed by atoms with Crippen molar-refractivity contribution in [3.8, 4) is 16.5 Å². The first-order chi connectivity index (χ1) is 18.9. The summed E-state index contributed by atoms with van der Waals surface area (Å²) in [7, 11) is 0. The van der Waals surface area contributed by atoms with Crippen LogP contribution in [0, 0.1) is 27.8 Å². The Bertz CT molecular complexity index is 1450. The molecule has 0 spiro atoms. The van der Waals surface area contributed by atoms with Crippen molar-refractivity contribution >= 4 is 32.5 Å². The van der Waals surface area contributed by atoms with Crippen LogP contribution in [-0.2, 0) is 16.0 Å². The summed E-state index contributed by atoms with van der Waals surface area (Å²) >= 11 is -0.0504. The second-order valence-corrected chi connectivity index (χ2v) is 10.9. The first kappa shape index (κ1) is 26.5. The number of fused-ring (bicyclic) bond motifs is 1. The summed E-state index contributed by atoms with van der Waals surface area (Å²) in [6.07, 6.45) is 1.20. The minimum absolute atomic E-state index is 0.0504. The van der Waals surface area contributed by atoms with Gasteiger partial charge in [0.15, 0.2) is 0 Å². The van der Waals surface area contributed by atoms with E-state index in [1.165, 1.54) is 29.3 Å². The monoisotopic (exact) mass is 595 g/mol. The Hall–Kier alpha value is -4.06. The Morgan fingerprint density at radius 3 is 2.51 bits per heavy atom. The Kier molecular flexibility index (Phi) is 8.01. The number of hydrogen-bond donors (Lipinski definition) is 0. The number of halogens is 2. The summed E-state index contributed by atoms with van der Waals surface area (Å²) in [6, 6.07) is 16.2. The molecule has 0 saturated heterocycles. The number of amides is 1. The van der Waals surface area contributed by atoms with Gasteiger partial charge in [-0.15, -0.1) is 0 Å². The number of hydrazone groups is 1. The molecule has 0 bridgehead atoms. The van der Waals surface area contributed by atoms with E-state index in [1.54, 1.807) is 42.5 Å². The van der Waals surface area contributed by atoms with E-state index in [1.807, 2.05) is 0 Å². The van der Waals surface area contributed by atoms with Gasteiger partial charge in [-0.3, -0.25) is 0 Å². The zero-order chi connectivity index (χ0) is 27.4. The fourth-order valence-corrected chi connectivity index (χ4v) is 5.30. The van der Waals surface area contributed by atoms with Crippen LogP contribution < -0.4 is 9.47 Å². The van der Waals surface area contributed by atoms with Crippen molar-refractivity contribution in [1.29, 1.82) is 5.26 Å². The van der Waals surface area contributed by atoms with E-state index in [4.69, 9.17) is 14.7 Å². The number of carbonyl (C=O) groups is 2. The molecule has 0 saturated carbocycles. The molecule has 3 aromatic rings. The van der Waals surface area contributed by atoms with Gasteiger partial charge in [-0.25, -0.2) is 8.78 Å². The van der Waals surface area contributed by atoms with Crippen molar-refractivity contribution in [3.05, 3.63) is 95.1 Å². The van der Waals surface area contributed by atoms with E-state index in [0.717, 1.165) is 11.7 Å². The summed E-state index contributed by atoms with van der Waals surface area (Å²) in [5, 5.41) is 15.3.